The van der Waals surface area contributed by atoms with Gasteiger partial charge in [-0.05, 0) is 35.8 Å². The molecule has 0 aromatic heterocycles. The van der Waals surface area contributed by atoms with Crippen molar-refractivity contribution in [3.8, 4) is 16.9 Å². The number of methoxy groups -OCH3 is 1. The third kappa shape index (κ3) is 5.24. The fourth-order valence-electron chi connectivity index (χ4n) is 4.76. The fraction of sp³-hybridized carbons (Fsp3) is 0.520. The second-order valence-corrected chi connectivity index (χ2v) is 8.63. The Bertz CT molecular complexity index is 912. The SMILES string of the molecule is CCC[C@H]1CC[C@H](CCc2ccc(-c3c(F)c(C(F)(F)F)c(F)c(F)c3OC)cc2)CC1. The molecule has 0 amide bonds. The lowest BCUT2D eigenvalue weighted by atomic mass is 9.78. The van der Waals surface area contributed by atoms with Gasteiger partial charge in [-0.15, -0.1) is 0 Å². The molecular formula is C25H28F6O. The highest BCUT2D eigenvalue weighted by molar-refractivity contribution is 5.73. The van der Waals surface area contributed by atoms with E-state index >= 15 is 0 Å². The van der Waals surface area contributed by atoms with Crippen LogP contribution >= 0.6 is 0 Å². The van der Waals surface area contributed by atoms with E-state index in [0.717, 1.165) is 31.4 Å². The molecule has 1 saturated carbocycles. The van der Waals surface area contributed by atoms with Crippen LogP contribution < -0.4 is 4.74 Å². The van der Waals surface area contributed by atoms with E-state index < -0.39 is 40.5 Å². The van der Waals surface area contributed by atoms with Gasteiger partial charge in [0.1, 0.15) is 11.4 Å². The Hall–Kier alpha value is -2.18. The molecule has 7 heteroatoms. The largest absolute Gasteiger partial charge is 0.493 e. The first-order chi connectivity index (χ1) is 15.2. The van der Waals surface area contributed by atoms with Crippen LogP contribution in [0.5, 0.6) is 5.75 Å². The van der Waals surface area contributed by atoms with E-state index in [9.17, 15) is 26.3 Å². The van der Waals surface area contributed by atoms with Gasteiger partial charge in [-0.25, -0.2) is 8.78 Å². The van der Waals surface area contributed by atoms with Crippen LogP contribution in [0.3, 0.4) is 0 Å². The molecule has 2 aromatic carbocycles. The summed E-state index contributed by atoms with van der Waals surface area (Å²) in [4.78, 5) is 0. The predicted octanol–water partition coefficient (Wildman–Crippen LogP) is 8.34. The van der Waals surface area contributed by atoms with Crippen LogP contribution in [0.25, 0.3) is 11.1 Å². The minimum Gasteiger partial charge on any atom is -0.493 e. The van der Waals surface area contributed by atoms with Gasteiger partial charge in [-0.2, -0.15) is 17.6 Å². The predicted molar refractivity (Wildman–Crippen MR) is 112 cm³/mol. The Labute approximate surface area is 184 Å². The molecule has 2 aromatic rings. The third-order valence-corrected chi connectivity index (χ3v) is 6.51. The number of benzene rings is 2. The Kier molecular flexibility index (Phi) is 7.78. The van der Waals surface area contributed by atoms with Gasteiger partial charge in [0.05, 0.1) is 12.7 Å². The highest BCUT2D eigenvalue weighted by Crippen LogP contribution is 2.44. The van der Waals surface area contributed by atoms with E-state index in [4.69, 9.17) is 4.74 Å². The minimum atomic E-state index is -5.38. The van der Waals surface area contributed by atoms with Crippen molar-refractivity contribution in [2.45, 2.75) is 64.5 Å². The van der Waals surface area contributed by atoms with Gasteiger partial charge in [0.15, 0.2) is 11.6 Å². The summed E-state index contributed by atoms with van der Waals surface area (Å²) >= 11 is 0. The third-order valence-electron chi connectivity index (χ3n) is 6.51. The molecule has 0 aliphatic heterocycles. The Morgan fingerprint density at radius 2 is 1.41 bits per heavy atom. The molecule has 0 saturated heterocycles. The maximum Gasteiger partial charge on any atom is 0.422 e. The van der Waals surface area contributed by atoms with Gasteiger partial charge in [-0.3, -0.25) is 0 Å². The lowest BCUT2D eigenvalue weighted by Crippen LogP contribution is -2.15. The number of hydrogen-bond acceptors (Lipinski definition) is 1. The second kappa shape index (κ2) is 10.2. The van der Waals surface area contributed by atoms with Crippen LogP contribution in [0.2, 0.25) is 0 Å². The first-order valence-electron chi connectivity index (χ1n) is 11.1. The van der Waals surface area contributed by atoms with E-state index in [1.54, 1.807) is 12.1 Å². The molecule has 3 rings (SSSR count). The summed E-state index contributed by atoms with van der Waals surface area (Å²) in [6.45, 7) is 2.21. The van der Waals surface area contributed by atoms with Gasteiger partial charge in [0.25, 0.3) is 0 Å². The van der Waals surface area contributed by atoms with Gasteiger partial charge in [-0.1, -0.05) is 69.7 Å². The van der Waals surface area contributed by atoms with Crippen molar-refractivity contribution in [1.82, 2.24) is 0 Å². The van der Waals surface area contributed by atoms with E-state index in [1.165, 1.54) is 50.7 Å². The van der Waals surface area contributed by atoms with Crippen LogP contribution in [0.15, 0.2) is 24.3 Å². The lowest BCUT2D eigenvalue weighted by molar-refractivity contribution is -0.142. The highest BCUT2D eigenvalue weighted by atomic mass is 19.4. The van der Waals surface area contributed by atoms with Crippen molar-refractivity contribution in [3.05, 3.63) is 52.8 Å². The van der Waals surface area contributed by atoms with Gasteiger partial charge in [0, 0.05) is 0 Å². The summed E-state index contributed by atoms with van der Waals surface area (Å²) in [6.07, 6.45) is 3.87. The van der Waals surface area contributed by atoms with E-state index in [-0.39, 0.29) is 5.56 Å². The zero-order chi connectivity index (χ0) is 23.5. The maximum atomic E-state index is 14.7. The van der Waals surface area contributed by atoms with E-state index in [1.807, 2.05) is 0 Å². The molecule has 0 N–H and O–H groups in total. The van der Waals surface area contributed by atoms with E-state index in [2.05, 4.69) is 6.92 Å². The van der Waals surface area contributed by atoms with Crippen molar-refractivity contribution < 1.29 is 31.1 Å². The lowest BCUT2D eigenvalue weighted by Gasteiger charge is -2.28. The van der Waals surface area contributed by atoms with Crippen LogP contribution in [0.4, 0.5) is 26.3 Å². The summed E-state index contributed by atoms with van der Waals surface area (Å²) in [7, 11) is 0.956. The number of rotatable bonds is 7. The molecule has 0 heterocycles. The Morgan fingerprint density at radius 3 is 1.91 bits per heavy atom. The first kappa shape index (κ1) is 24.5. The average molecular weight is 458 g/mol. The Balaban J connectivity index is 1.78. The molecular weight excluding hydrogens is 430 g/mol. The zero-order valence-corrected chi connectivity index (χ0v) is 18.3. The number of hydrogen-bond donors (Lipinski definition) is 0. The van der Waals surface area contributed by atoms with Crippen LogP contribution in [-0.4, -0.2) is 7.11 Å². The number of aryl methyl sites for hydroxylation is 1. The monoisotopic (exact) mass is 458 g/mol. The summed E-state index contributed by atoms with van der Waals surface area (Å²) in [5.41, 5.74) is -2.04. The fourth-order valence-corrected chi connectivity index (χ4v) is 4.76. The van der Waals surface area contributed by atoms with Crippen molar-refractivity contribution in [2.75, 3.05) is 7.11 Å². The molecule has 1 aliphatic rings. The average Bonchev–Trinajstić information content (AvgIpc) is 2.75. The molecule has 0 bridgehead atoms. The summed E-state index contributed by atoms with van der Waals surface area (Å²) in [5.74, 6) is -5.45. The number of halogens is 6. The summed E-state index contributed by atoms with van der Waals surface area (Å²) in [5, 5.41) is 0. The van der Waals surface area contributed by atoms with Crippen LogP contribution in [0, 0.1) is 29.3 Å². The molecule has 1 nitrogen and oxygen atoms in total. The quantitative estimate of drug-likeness (QED) is 0.299. The van der Waals surface area contributed by atoms with Crippen molar-refractivity contribution in [2.24, 2.45) is 11.8 Å². The standard InChI is InChI=1S/C25H28F6O/c1-3-4-15-5-7-16(8-6-15)9-10-17-11-13-18(14-12-17)19-21(26)20(25(29,30)31)22(27)23(28)24(19)32-2/h11-16H,3-10H2,1-2H3/t15-,16-. The van der Waals surface area contributed by atoms with Crippen molar-refractivity contribution in [1.29, 1.82) is 0 Å². The molecule has 0 atom stereocenters. The number of ether oxygens (including phenoxy) is 1. The van der Waals surface area contributed by atoms with Crippen LogP contribution in [0.1, 0.15) is 63.0 Å². The van der Waals surface area contributed by atoms with Crippen molar-refractivity contribution >= 4 is 0 Å². The highest BCUT2D eigenvalue weighted by Gasteiger charge is 2.42. The van der Waals surface area contributed by atoms with Gasteiger partial charge >= 0.3 is 6.18 Å². The zero-order valence-electron chi connectivity index (χ0n) is 18.3. The molecule has 1 aliphatic carbocycles. The van der Waals surface area contributed by atoms with Crippen LogP contribution in [-0.2, 0) is 12.6 Å². The topological polar surface area (TPSA) is 9.23 Å². The minimum absolute atomic E-state index is 0.00688. The molecule has 176 valence electrons. The van der Waals surface area contributed by atoms with Gasteiger partial charge in [0.2, 0.25) is 5.82 Å². The maximum absolute atomic E-state index is 14.7. The van der Waals surface area contributed by atoms with Gasteiger partial charge < -0.3 is 4.74 Å². The molecule has 1 fully saturated rings. The second-order valence-electron chi connectivity index (χ2n) is 8.63. The van der Waals surface area contributed by atoms with E-state index in [0.29, 0.717) is 5.92 Å². The summed E-state index contributed by atoms with van der Waals surface area (Å²) < 4.78 is 87.0. The summed E-state index contributed by atoms with van der Waals surface area (Å²) in [6, 6.07) is 6.22. The molecule has 32 heavy (non-hydrogen) atoms. The Morgan fingerprint density at radius 1 is 0.844 bits per heavy atom. The first-order valence-corrected chi connectivity index (χ1v) is 11.1. The normalized spacial score (nSPS) is 19.2. The molecule has 0 unspecified atom stereocenters. The number of alkyl halides is 3. The van der Waals surface area contributed by atoms with Crippen molar-refractivity contribution in [3.63, 3.8) is 0 Å². The molecule has 0 radical (unpaired) electrons. The molecule has 0 spiro atoms. The smallest absolute Gasteiger partial charge is 0.422 e.